The SMILES string of the molecule is Cc1ccc(S(=O)(=O)n2cc(Br)c3c(Cl)ccnc32)cc1.Cc1ccc(S(=O)(=O)n2cc(Br)c3c(Cl)ccnc32)cc1. The number of nitrogens with zero attached hydrogens (tertiary/aromatic N) is 4. The van der Waals surface area contributed by atoms with Crippen LogP contribution in [0.15, 0.2) is 104 Å². The molecule has 0 N–H and O–H groups in total. The highest BCUT2D eigenvalue weighted by Crippen LogP contribution is 2.34. The summed E-state index contributed by atoms with van der Waals surface area (Å²) in [6.07, 6.45) is 5.91. The van der Waals surface area contributed by atoms with E-state index < -0.39 is 20.0 Å². The van der Waals surface area contributed by atoms with Crippen molar-refractivity contribution in [2.24, 2.45) is 0 Å². The van der Waals surface area contributed by atoms with Crippen LogP contribution >= 0.6 is 55.1 Å². The fraction of sp³-hybridized carbons (Fsp3) is 0.0714. The molecule has 8 nitrogen and oxygen atoms in total. The van der Waals surface area contributed by atoms with E-state index in [9.17, 15) is 16.8 Å². The van der Waals surface area contributed by atoms with Crippen LogP contribution < -0.4 is 0 Å². The molecule has 4 heterocycles. The van der Waals surface area contributed by atoms with Crippen LogP contribution in [-0.4, -0.2) is 34.7 Å². The lowest BCUT2D eigenvalue weighted by atomic mass is 10.2. The lowest BCUT2D eigenvalue weighted by Crippen LogP contribution is -2.12. The Kier molecular flexibility index (Phi) is 8.58. The van der Waals surface area contributed by atoms with Crippen molar-refractivity contribution in [3.8, 4) is 0 Å². The number of rotatable bonds is 4. The Hall–Kier alpha value is -2.74. The highest BCUT2D eigenvalue weighted by Gasteiger charge is 2.24. The maximum atomic E-state index is 12.7. The molecule has 0 amide bonds. The van der Waals surface area contributed by atoms with E-state index in [4.69, 9.17) is 23.2 Å². The second-order valence-electron chi connectivity index (χ2n) is 9.16. The van der Waals surface area contributed by atoms with E-state index in [1.54, 1.807) is 60.7 Å². The molecule has 0 aliphatic rings. The second-order valence-corrected chi connectivity index (χ2v) is 15.3. The highest BCUT2D eigenvalue weighted by atomic mass is 79.9. The normalized spacial score (nSPS) is 12.0. The monoisotopic (exact) mass is 768 g/mol. The zero-order chi connectivity index (χ0) is 30.4. The molecule has 14 heteroatoms. The van der Waals surface area contributed by atoms with Gasteiger partial charge in [-0.15, -0.1) is 0 Å². The van der Waals surface area contributed by atoms with Gasteiger partial charge in [0.05, 0.1) is 30.6 Å². The zero-order valence-corrected chi connectivity index (χ0v) is 28.1. The fourth-order valence-corrected chi connectivity index (χ4v) is 8.91. The van der Waals surface area contributed by atoms with Gasteiger partial charge in [-0.2, -0.15) is 0 Å². The third kappa shape index (κ3) is 5.63. The van der Waals surface area contributed by atoms with Gasteiger partial charge in [-0.3, -0.25) is 0 Å². The number of hydrogen-bond donors (Lipinski definition) is 0. The number of benzene rings is 2. The van der Waals surface area contributed by atoms with Crippen molar-refractivity contribution in [3.63, 3.8) is 0 Å². The van der Waals surface area contributed by atoms with Crippen molar-refractivity contribution in [2.75, 3.05) is 0 Å². The molecular formula is C28H20Br2Cl2N4O4S2. The number of fused-ring (bicyclic) bond motifs is 2. The molecule has 0 fully saturated rings. The van der Waals surface area contributed by atoms with Crippen LogP contribution in [0.4, 0.5) is 0 Å². The minimum atomic E-state index is -3.71. The quantitative estimate of drug-likeness (QED) is 0.180. The first kappa shape index (κ1) is 30.7. The molecule has 0 unspecified atom stereocenters. The summed E-state index contributed by atoms with van der Waals surface area (Å²) in [6, 6.07) is 16.6. The number of hydrogen-bond acceptors (Lipinski definition) is 6. The molecule has 0 bridgehead atoms. The summed E-state index contributed by atoms with van der Waals surface area (Å²) >= 11 is 18.9. The smallest absolute Gasteiger partial charge is 0.237 e. The average Bonchev–Trinajstić information content (AvgIpc) is 3.49. The minimum Gasteiger partial charge on any atom is -0.237 e. The first-order valence-corrected chi connectivity index (χ1v) is 17.3. The summed E-state index contributed by atoms with van der Waals surface area (Å²) in [6.45, 7) is 3.80. The predicted molar refractivity (Wildman–Crippen MR) is 172 cm³/mol. The summed E-state index contributed by atoms with van der Waals surface area (Å²) in [5.74, 6) is 0. The zero-order valence-electron chi connectivity index (χ0n) is 21.8. The average molecular weight is 771 g/mol. The Balaban J connectivity index is 0.000000168. The molecule has 0 saturated carbocycles. The van der Waals surface area contributed by atoms with E-state index in [-0.39, 0.29) is 9.79 Å². The van der Waals surface area contributed by atoms with Gasteiger partial charge < -0.3 is 0 Å². The third-order valence-electron chi connectivity index (χ3n) is 6.27. The summed E-state index contributed by atoms with van der Waals surface area (Å²) in [7, 11) is -7.43. The Morgan fingerprint density at radius 1 is 0.595 bits per heavy atom. The van der Waals surface area contributed by atoms with Crippen molar-refractivity contribution in [3.05, 3.63) is 116 Å². The molecule has 216 valence electrons. The van der Waals surface area contributed by atoms with Crippen LogP contribution in [0, 0.1) is 13.8 Å². The molecule has 4 aromatic heterocycles. The Labute approximate surface area is 269 Å². The number of pyridine rings is 2. The van der Waals surface area contributed by atoms with Crippen LogP contribution in [0.1, 0.15) is 11.1 Å². The minimum absolute atomic E-state index is 0.208. The van der Waals surface area contributed by atoms with Crippen molar-refractivity contribution in [1.82, 2.24) is 17.9 Å². The molecule has 0 aliphatic carbocycles. The molecule has 6 aromatic rings. The molecule has 0 radical (unpaired) electrons. The Morgan fingerprint density at radius 2 is 0.929 bits per heavy atom. The van der Waals surface area contributed by atoms with E-state index >= 15 is 0 Å². The first-order valence-electron chi connectivity index (χ1n) is 12.1. The molecule has 2 aromatic carbocycles. The predicted octanol–water partition coefficient (Wildman–Crippen LogP) is 8.00. The topological polar surface area (TPSA) is 104 Å². The molecule has 0 atom stereocenters. The lowest BCUT2D eigenvalue weighted by molar-refractivity contribution is 0.587. The molecule has 0 spiro atoms. The molecule has 0 aliphatic heterocycles. The largest absolute Gasteiger partial charge is 0.269 e. The molecule has 0 saturated heterocycles. The fourth-order valence-electron chi connectivity index (χ4n) is 4.10. The molecule has 42 heavy (non-hydrogen) atoms. The lowest BCUT2D eigenvalue weighted by Gasteiger charge is -2.07. The molecule has 6 rings (SSSR count). The first-order chi connectivity index (χ1) is 19.8. The van der Waals surface area contributed by atoms with Gasteiger partial charge in [-0.1, -0.05) is 58.6 Å². The third-order valence-corrected chi connectivity index (χ3v) is 11.4. The van der Waals surface area contributed by atoms with Gasteiger partial charge in [0.15, 0.2) is 11.3 Å². The van der Waals surface area contributed by atoms with Gasteiger partial charge in [0.2, 0.25) is 0 Å². The van der Waals surface area contributed by atoms with Gasteiger partial charge in [-0.25, -0.2) is 34.7 Å². The van der Waals surface area contributed by atoms with Crippen LogP contribution in [0.3, 0.4) is 0 Å². The number of aryl methyl sites for hydroxylation is 2. The van der Waals surface area contributed by atoms with Crippen LogP contribution in [0.2, 0.25) is 10.0 Å². The highest BCUT2D eigenvalue weighted by molar-refractivity contribution is 9.11. The summed E-state index contributed by atoms with van der Waals surface area (Å²) < 4.78 is 54.4. The van der Waals surface area contributed by atoms with Crippen molar-refractivity contribution in [2.45, 2.75) is 23.6 Å². The van der Waals surface area contributed by atoms with E-state index in [0.717, 1.165) is 19.1 Å². The maximum absolute atomic E-state index is 12.7. The second kappa shape index (κ2) is 11.7. The van der Waals surface area contributed by atoms with Gasteiger partial charge in [0.25, 0.3) is 20.0 Å². The van der Waals surface area contributed by atoms with Crippen LogP contribution in [0.5, 0.6) is 0 Å². The van der Waals surface area contributed by atoms with E-state index in [1.165, 1.54) is 24.8 Å². The molecular weight excluding hydrogens is 751 g/mol. The van der Waals surface area contributed by atoms with Gasteiger partial charge >= 0.3 is 0 Å². The van der Waals surface area contributed by atoms with Crippen LogP contribution in [0.25, 0.3) is 22.1 Å². The number of aromatic nitrogens is 4. The van der Waals surface area contributed by atoms with Crippen molar-refractivity contribution in [1.29, 1.82) is 0 Å². The Bertz CT molecular complexity index is 2020. The maximum Gasteiger partial charge on any atom is 0.269 e. The summed E-state index contributed by atoms with van der Waals surface area (Å²) in [5.41, 5.74) is 2.59. The standard InChI is InChI=1S/2C14H10BrClN2O2S/c2*1-9-2-4-10(5-3-9)21(19,20)18-8-11(15)13-12(16)6-7-17-14(13)18/h2*2-8H,1H3. The van der Waals surface area contributed by atoms with Crippen LogP contribution in [-0.2, 0) is 20.0 Å². The summed E-state index contributed by atoms with van der Waals surface area (Å²) in [4.78, 5) is 8.70. The van der Waals surface area contributed by atoms with Crippen molar-refractivity contribution < 1.29 is 16.8 Å². The van der Waals surface area contributed by atoms with E-state index in [1.807, 2.05) is 13.8 Å². The van der Waals surface area contributed by atoms with Gasteiger partial charge in [0, 0.05) is 33.7 Å². The van der Waals surface area contributed by atoms with E-state index in [0.29, 0.717) is 41.1 Å². The van der Waals surface area contributed by atoms with Gasteiger partial charge in [-0.05, 0) is 82.1 Å². The van der Waals surface area contributed by atoms with Gasteiger partial charge in [0.1, 0.15) is 0 Å². The Morgan fingerprint density at radius 3 is 1.26 bits per heavy atom. The summed E-state index contributed by atoms with van der Waals surface area (Å²) in [5, 5.41) is 2.05. The van der Waals surface area contributed by atoms with Crippen molar-refractivity contribution >= 4 is 97.2 Å². The number of halogens is 4. The van der Waals surface area contributed by atoms with E-state index in [2.05, 4.69) is 41.8 Å².